The van der Waals surface area contributed by atoms with E-state index >= 15 is 0 Å². The van der Waals surface area contributed by atoms with Crippen LogP contribution in [0.3, 0.4) is 0 Å². The molecule has 3 aliphatic carbocycles. The molecule has 1 amide bonds. The second-order valence-electron chi connectivity index (χ2n) is 9.84. The third-order valence-corrected chi connectivity index (χ3v) is 8.43. The van der Waals surface area contributed by atoms with E-state index in [1.807, 2.05) is 0 Å². The smallest absolute Gasteiger partial charge is 0.288 e. The first kappa shape index (κ1) is 24.0. The molecular formula is C23H28Cl2FN5O2. The summed E-state index contributed by atoms with van der Waals surface area (Å²) in [6, 6.07) is 1.17. The standard InChI is InChI=1S/C23H28Cl2FN5O2/c1-11-15-7-13(23(15,3)4)8-16(11)30-17-9-28-31(22(33)20(17)25)10-18(32)29-12(2)14-5-6-27-21(26)19(14)24/h5-6,9,11-13,15-16,30H,7-8,10H2,1-4H3,(H,29,32)/t11-,12?,13+,15-,16-/m1/s1. The van der Waals surface area contributed by atoms with E-state index in [2.05, 4.69) is 41.5 Å². The van der Waals surface area contributed by atoms with Crippen LogP contribution in [0.1, 0.15) is 52.1 Å². The van der Waals surface area contributed by atoms with Crippen molar-refractivity contribution in [2.75, 3.05) is 5.32 Å². The Kier molecular flexibility index (Phi) is 6.44. The number of carbonyl (C=O) groups excluding carboxylic acids is 1. The number of rotatable bonds is 6. The summed E-state index contributed by atoms with van der Waals surface area (Å²) in [5.41, 5.74) is 0.686. The zero-order valence-corrected chi connectivity index (χ0v) is 20.5. The molecule has 2 heterocycles. The highest BCUT2D eigenvalue weighted by Crippen LogP contribution is 2.61. The fraction of sp³-hybridized carbons (Fsp3) is 0.565. The van der Waals surface area contributed by atoms with E-state index in [1.54, 1.807) is 6.92 Å². The van der Waals surface area contributed by atoms with Crippen molar-refractivity contribution in [3.8, 4) is 0 Å². The van der Waals surface area contributed by atoms with E-state index < -0.39 is 23.5 Å². The molecule has 7 nitrogen and oxygen atoms in total. The van der Waals surface area contributed by atoms with Crippen molar-refractivity contribution in [3.63, 3.8) is 0 Å². The van der Waals surface area contributed by atoms with Crippen LogP contribution in [0.4, 0.5) is 10.1 Å². The number of amides is 1. The summed E-state index contributed by atoms with van der Waals surface area (Å²) < 4.78 is 14.6. The topological polar surface area (TPSA) is 88.9 Å². The number of pyridine rings is 1. The molecule has 5 rings (SSSR count). The monoisotopic (exact) mass is 495 g/mol. The lowest BCUT2D eigenvalue weighted by atomic mass is 9.45. The lowest BCUT2D eigenvalue weighted by Gasteiger charge is -2.62. The van der Waals surface area contributed by atoms with E-state index in [1.165, 1.54) is 24.9 Å². The van der Waals surface area contributed by atoms with Gasteiger partial charge in [0.05, 0.1) is 17.9 Å². The fourth-order valence-electron chi connectivity index (χ4n) is 5.49. The molecule has 3 aliphatic rings. The van der Waals surface area contributed by atoms with Gasteiger partial charge in [-0.05, 0) is 54.6 Å². The highest BCUT2D eigenvalue weighted by Gasteiger charge is 2.56. The SMILES string of the molecule is CC(NC(=O)Cn1ncc(N[C@@H]2C[C@@H]3C[C@H]([C@H]2C)C3(C)C)c(Cl)c1=O)c1ccnc(F)c1Cl. The molecule has 2 N–H and O–H groups in total. The van der Waals surface area contributed by atoms with Crippen LogP contribution in [0.5, 0.6) is 0 Å². The van der Waals surface area contributed by atoms with E-state index in [-0.39, 0.29) is 22.6 Å². The number of aromatic nitrogens is 3. The summed E-state index contributed by atoms with van der Waals surface area (Å²) in [6.07, 6.45) is 5.05. The zero-order chi connectivity index (χ0) is 24.1. The molecule has 178 valence electrons. The average Bonchev–Trinajstić information content (AvgIpc) is 2.76. The van der Waals surface area contributed by atoms with Crippen LogP contribution in [0.15, 0.2) is 23.3 Å². The summed E-state index contributed by atoms with van der Waals surface area (Å²) >= 11 is 12.3. The molecule has 2 bridgehead atoms. The maximum atomic E-state index is 13.6. The van der Waals surface area contributed by atoms with Crippen molar-refractivity contribution in [1.29, 1.82) is 0 Å². The quantitative estimate of drug-likeness (QED) is 0.578. The Bertz CT molecular complexity index is 1140. The van der Waals surface area contributed by atoms with Crippen molar-refractivity contribution in [2.45, 2.75) is 59.2 Å². The van der Waals surface area contributed by atoms with E-state index in [0.717, 1.165) is 11.1 Å². The second kappa shape index (κ2) is 8.87. The number of halogens is 3. The summed E-state index contributed by atoms with van der Waals surface area (Å²) in [5.74, 6) is 0.479. The minimum absolute atomic E-state index is 0.0100. The number of hydrogen-bond donors (Lipinski definition) is 2. The Balaban J connectivity index is 1.42. The molecule has 1 unspecified atom stereocenters. The van der Waals surface area contributed by atoms with Crippen molar-refractivity contribution >= 4 is 34.8 Å². The molecule has 10 heteroatoms. The summed E-state index contributed by atoms with van der Waals surface area (Å²) in [5, 5.41) is 10.1. The van der Waals surface area contributed by atoms with Gasteiger partial charge in [0.15, 0.2) is 0 Å². The first-order valence-corrected chi connectivity index (χ1v) is 11.9. The van der Waals surface area contributed by atoms with Crippen LogP contribution < -0.4 is 16.2 Å². The van der Waals surface area contributed by atoms with Crippen LogP contribution in [-0.4, -0.2) is 26.7 Å². The van der Waals surface area contributed by atoms with Crippen LogP contribution in [-0.2, 0) is 11.3 Å². The Hall–Kier alpha value is -2.19. The second-order valence-corrected chi connectivity index (χ2v) is 10.6. The van der Waals surface area contributed by atoms with E-state index in [9.17, 15) is 14.0 Å². The molecule has 3 saturated carbocycles. The predicted octanol–water partition coefficient (Wildman–Crippen LogP) is 4.44. The number of nitrogens with zero attached hydrogens (tertiary/aromatic N) is 3. The average molecular weight is 496 g/mol. The van der Waals surface area contributed by atoms with Gasteiger partial charge in [0.2, 0.25) is 11.9 Å². The lowest BCUT2D eigenvalue weighted by molar-refractivity contribution is -0.122. The summed E-state index contributed by atoms with van der Waals surface area (Å²) in [7, 11) is 0. The maximum absolute atomic E-state index is 13.6. The van der Waals surface area contributed by atoms with Crippen molar-refractivity contribution in [1.82, 2.24) is 20.1 Å². The van der Waals surface area contributed by atoms with Crippen LogP contribution in [0.2, 0.25) is 10.0 Å². The van der Waals surface area contributed by atoms with Gasteiger partial charge in [0.25, 0.3) is 5.56 Å². The van der Waals surface area contributed by atoms with Crippen LogP contribution >= 0.6 is 23.2 Å². The Morgan fingerprint density at radius 2 is 2.06 bits per heavy atom. The highest BCUT2D eigenvalue weighted by atomic mass is 35.5. The summed E-state index contributed by atoms with van der Waals surface area (Å²) in [6.45, 7) is 8.24. The normalized spacial score (nSPS) is 26.3. The first-order chi connectivity index (χ1) is 15.5. The molecule has 0 radical (unpaired) electrons. The molecule has 0 aliphatic heterocycles. The fourth-order valence-corrected chi connectivity index (χ4v) is 5.96. The van der Waals surface area contributed by atoms with Gasteiger partial charge in [0.1, 0.15) is 16.6 Å². The number of fused-ring (bicyclic) bond motifs is 2. The molecule has 3 fully saturated rings. The number of hydrogen-bond acceptors (Lipinski definition) is 5. The third kappa shape index (κ3) is 4.35. The van der Waals surface area contributed by atoms with Gasteiger partial charge in [-0.3, -0.25) is 9.59 Å². The first-order valence-electron chi connectivity index (χ1n) is 11.1. The van der Waals surface area contributed by atoms with Crippen molar-refractivity contribution in [3.05, 3.63) is 50.4 Å². The Labute approximate surface area is 202 Å². The number of anilines is 1. The Morgan fingerprint density at radius 3 is 2.73 bits per heavy atom. The molecule has 0 saturated heterocycles. The number of nitrogens with one attached hydrogen (secondary N) is 2. The molecule has 5 atom stereocenters. The molecular weight excluding hydrogens is 468 g/mol. The summed E-state index contributed by atoms with van der Waals surface area (Å²) in [4.78, 5) is 28.7. The van der Waals surface area contributed by atoms with Gasteiger partial charge in [-0.15, -0.1) is 0 Å². The largest absolute Gasteiger partial charge is 0.379 e. The van der Waals surface area contributed by atoms with E-state index in [4.69, 9.17) is 23.2 Å². The van der Waals surface area contributed by atoms with Gasteiger partial charge in [-0.25, -0.2) is 9.67 Å². The lowest BCUT2D eigenvalue weighted by Crippen LogP contribution is -2.58. The van der Waals surface area contributed by atoms with Crippen LogP contribution in [0, 0.1) is 29.1 Å². The molecule has 2 aromatic rings. The molecule has 2 aromatic heterocycles. The molecule has 0 aromatic carbocycles. The van der Waals surface area contributed by atoms with Crippen LogP contribution in [0.25, 0.3) is 0 Å². The third-order valence-electron chi connectivity index (χ3n) is 7.69. The number of carbonyl (C=O) groups is 1. The minimum atomic E-state index is -0.809. The van der Waals surface area contributed by atoms with Gasteiger partial charge in [0, 0.05) is 12.2 Å². The van der Waals surface area contributed by atoms with Gasteiger partial charge in [-0.1, -0.05) is 44.0 Å². The minimum Gasteiger partial charge on any atom is -0.379 e. The molecule has 0 spiro atoms. The van der Waals surface area contributed by atoms with Crippen molar-refractivity contribution < 1.29 is 9.18 Å². The Morgan fingerprint density at radius 1 is 1.33 bits per heavy atom. The van der Waals surface area contributed by atoms with E-state index in [0.29, 0.717) is 34.4 Å². The predicted molar refractivity (Wildman–Crippen MR) is 126 cm³/mol. The van der Waals surface area contributed by atoms with Gasteiger partial charge < -0.3 is 10.6 Å². The van der Waals surface area contributed by atoms with Crippen molar-refractivity contribution in [2.24, 2.45) is 23.2 Å². The highest BCUT2D eigenvalue weighted by molar-refractivity contribution is 6.33. The maximum Gasteiger partial charge on any atom is 0.288 e. The molecule has 33 heavy (non-hydrogen) atoms. The van der Waals surface area contributed by atoms with Gasteiger partial charge >= 0.3 is 0 Å². The van der Waals surface area contributed by atoms with Gasteiger partial charge in [-0.2, -0.15) is 9.49 Å². The zero-order valence-electron chi connectivity index (χ0n) is 19.0.